The van der Waals surface area contributed by atoms with Crippen molar-refractivity contribution in [3.8, 4) is 11.3 Å². The SMILES string of the molecule is Cc1noc(C)c1S(=O)(=O)N1CCN(C(=O)c2cc(-c3ccccc3)on2)CC1. The molecule has 2 aromatic heterocycles. The summed E-state index contributed by atoms with van der Waals surface area (Å²) in [7, 11) is -3.72. The Morgan fingerprint density at radius 2 is 1.69 bits per heavy atom. The first kappa shape index (κ1) is 19.3. The van der Waals surface area contributed by atoms with E-state index in [0.29, 0.717) is 11.5 Å². The number of carbonyl (C=O) groups excluding carboxylic acids is 1. The third kappa shape index (κ3) is 3.56. The van der Waals surface area contributed by atoms with Gasteiger partial charge < -0.3 is 13.9 Å². The predicted molar refractivity (Wildman–Crippen MR) is 103 cm³/mol. The fourth-order valence-corrected chi connectivity index (χ4v) is 5.09. The summed E-state index contributed by atoms with van der Waals surface area (Å²) in [6.45, 7) is 4.05. The molecule has 3 heterocycles. The average molecular weight is 416 g/mol. The van der Waals surface area contributed by atoms with Crippen molar-refractivity contribution < 1.29 is 22.3 Å². The molecule has 0 aliphatic carbocycles. The zero-order valence-corrected chi connectivity index (χ0v) is 16.8. The molecule has 9 nitrogen and oxygen atoms in total. The average Bonchev–Trinajstić information content (AvgIpc) is 3.35. The number of aryl methyl sites for hydroxylation is 2. The molecule has 1 aromatic carbocycles. The van der Waals surface area contributed by atoms with Gasteiger partial charge in [0, 0.05) is 37.8 Å². The van der Waals surface area contributed by atoms with Crippen LogP contribution in [-0.4, -0.2) is 60.0 Å². The molecule has 0 atom stereocenters. The van der Waals surface area contributed by atoms with Crippen LogP contribution in [0.3, 0.4) is 0 Å². The monoisotopic (exact) mass is 416 g/mol. The minimum absolute atomic E-state index is 0.0984. The van der Waals surface area contributed by atoms with E-state index in [2.05, 4.69) is 10.3 Å². The molecule has 0 radical (unpaired) electrons. The Balaban J connectivity index is 1.45. The van der Waals surface area contributed by atoms with E-state index in [9.17, 15) is 13.2 Å². The van der Waals surface area contributed by atoms with Gasteiger partial charge in [-0.2, -0.15) is 4.31 Å². The second kappa shape index (κ2) is 7.45. The normalized spacial score (nSPS) is 15.6. The first-order valence-corrected chi connectivity index (χ1v) is 10.6. The standard InChI is InChI=1S/C19H20N4O5S/c1-13-18(14(2)27-20-13)29(25,26)23-10-8-22(9-11-23)19(24)16-12-17(28-21-16)15-6-4-3-5-7-15/h3-7,12H,8-11H2,1-2H3. The van der Waals surface area contributed by atoms with Crippen LogP contribution >= 0.6 is 0 Å². The lowest BCUT2D eigenvalue weighted by atomic mass is 10.1. The lowest BCUT2D eigenvalue weighted by molar-refractivity contribution is 0.0687. The van der Waals surface area contributed by atoms with E-state index in [-0.39, 0.29) is 48.4 Å². The third-order valence-electron chi connectivity index (χ3n) is 4.88. The molecule has 0 bridgehead atoms. The Morgan fingerprint density at radius 3 is 2.31 bits per heavy atom. The molecule has 29 heavy (non-hydrogen) atoms. The van der Waals surface area contributed by atoms with Gasteiger partial charge in [-0.1, -0.05) is 40.6 Å². The van der Waals surface area contributed by atoms with Gasteiger partial charge >= 0.3 is 0 Å². The smallest absolute Gasteiger partial charge is 0.276 e. The maximum absolute atomic E-state index is 12.9. The molecule has 0 unspecified atom stereocenters. The number of piperazine rings is 1. The summed E-state index contributed by atoms with van der Waals surface area (Å²) < 4.78 is 37.4. The molecule has 4 rings (SSSR count). The zero-order valence-electron chi connectivity index (χ0n) is 16.0. The van der Waals surface area contributed by atoms with Gasteiger partial charge in [-0.25, -0.2) is 8.42 Å². The summed E-state index contributed by atoms with van der Waals surface area (Å²) in [4.78, 5) is 14.4. The number of hydrogen-bond donors (Lipinski definition) is 0. The van der Waals surface area contributed by atoms with Gasteiger partial charge in [0.05, 0.1) is 0 Å². The van der Waals surface area contributed by atoms with Crippen LogP contribution in [0.5, 0.6) is 0 Å². The molecule has 0 saturated carbocycles. The lowest BCUT2D eigenvalue weighted by Gasteiger charge is -2.33. The van der Waals surface area contributed by atoms with Crippen molar-refractivity contribution in [2.75, 3.05) is 26.2 Å². The minimum Gasteiger partial charge on any atom is -0.360 e. The summed E-state index contributed by atoms with van der Waals surface area (Å²) >= 11 is 0. The first-order valence-electron chi connectivity index (χ1n) is 9.12. The van der Waals surface area contributed by atoms with Crippen LogP contribution in [0.15, 0.2) is 50.3 Å². The number of amides is 1. The third-order valence-corrected chi connectivity index (χ3v) is 7.02. The van der Waals surface area contributed by atoms with Crippen molar-refractivity contribution >= 4 is 15.9 Å². The molecule has 1 saturated heterocycles. The van der Waals surface area contributed by atoms with Crippen LogP contribution in [0.1, 0.15) is 21.9 Å². The molecule has 0 N–H and O–H groups in total. The highest BCUT2D eigenvalue weighted by Crippen LogP contribution is 2.25. The Bertz CT molecular complexity index is 1110. The molecular weight excluding hydrogens is 396 g/mol. The quantitative estimate of drug-likeness (QED) is 0.640. The van der Waals surface area contributed by atoms with Gasteiger partial charge in [0.2, 0.25) is 10.0 Å². The largest absolute Gasteiger partial charge is 0.360 e. The van der Waals surface area contributed by atoms with Gasteiger partial charge in [0.1, 0.15) is 10.6 Å². The number of aromatic nitrogens is 2. The highest BCUT2D eigenvalue weighted by molar-refractivity contribution is 7.89. The summed E-state index contributed by atoms with van der Waals surface area (Å²) in [6.07, 6.45) is 0. The molecular formula is C19H20N4O5S. The number of hydrogen-bond acceptors (Lipinski definition) is 7. The van der Waals surface area contributed by atoms with E-state index in [0.717, 1.165) is 5.56 Å². The number of benzene rings is 1. The minimum atomic E-state index is -3.72. The van der Waals surface area contributed by atoms with E-state index in [1.54, 1.807) is 24.8 Å². The number of carbonyl (C=O) groups is 1. The second-order valence-corrected chi connectivity index (χ2v) is 8.67. The van der Waals surface area contributed by atoms with Crippen LogP contribution < -0.4 is 0 Å². The molecule has 3 aromatic rings. The van der Waals surface area contributed by atoms with Crippen molar-refractivity contribution in [1.29, 1.82) is 0 Å². The Hall–Kier alpha value is -2.98. The van der Waals surface area contributed by atoms with Crippen molar-refractivity contribution in [2.45, 2.75) is 18.7 Å². The zero-order chi connectivity index (χ0) is 20.6. The molecule has 10 heteroatoms. The van der Waals surface area contributed by atoms with Crippen molar-refractivity contribution in [2.24, 2.45) is 0 Å². The molecule has 0 spiro atoms. The highest BCUT2D eigenvalue weighted by Gasteiger charge is 2.34. The van der Waals surface area contributed by atoms with Gasteiger partial charge in [0.15, 0.2) is 17.2 Å². The number of nitrogens with zero attached hydrogens (tertiary/aromatic N) is 4. The Morgan fingerprint density at radius 1 is 1.00 bits per heavy atom. The maximum atomic E-state index is 12.9. The molecule has 1 aliphatic rings. The van der Waals surface area contributed by atoms with Crippen molar-refractivity contribution in [3.05, 3.63) is 53.5 Å². The van der Waals surface area contributed by atoms with Crippen LogP contribution in [0.2, 0.25) is 0 Å². The summed E-state index contributed by atoms with van der Waals surface area (Å²) in [5.74, 6) is 0.482. The molecule has 1 amide bonds. The summed E-state index contributed by atoms with van der Waals surface area (Å²) in [5.41, 5.74) is 1.36. The molecule has 1 aliphatic heterocycles. The van der Waals surface area contributed by atoms with Crippen molar-refractivity contribution in [3.63, 3.8) is 0 Å². The second-order valence-electron chi connectivity index (χ2n) is 6.79. The topological polar surface area (TPSA) is 110 Å². The van der Waals surface area contributed by atoms with Crippen LogP contribution in [0.25, 0.3) is 11.3 Å². The van der Waals surface area contributed by atoms with E-state index >= 15 is 0 Å². The molecule has 152 valence electrons. The fraction of sp³-hybridized carbons (Fsp3) is 0.316. The first-order chi connectivity index (χ1) is 13.9. The van der Waals surface area contributed by atoms with Crippen LogP contribution in [0.4, 0.5) is 0 Å². The van der Waals surface area contributed by atoms with Gasteiger partial charge in [-0.3, -0.25) is 4.79 Å². The maximum Gasteiger partial charge on any atom is 0.276 e. The Labute approximate surface area is 167 Å². The van der Waals surface area contributed by atoms with Crippen molar-refractivity contribution in [1.82, 2.24) is 19.5 Å². The van der Waals surface area contributed by atoms with E-state index in [1.807, 2.05) is 30.3 Å². The van der Waals surface area contributed by atoms with Gasteiger partial charge in [0.25, 0.3) is 5.91 Å². The number of sulfonamides is 1. The summed E-state index contributed by atoms with van der Waals surface area (Å²) in [5, 5.41) is 7.60. The Kier molecular flexibility index (Phi) is 4.97. The predicted octanol–water partition coefficient (Wildman–Crippen LogP) is 2.09. The van der Waals surface area contributed by atoms with E-state index in [4.69, 9.17) is 9.05 Å². The number of rotatable bonds is 4. The summed E-state index contributed by atoms with van der Waals surface area (Å²) in [6, 6.07) is 11.0. The lowest BCUT2D eigenvalue weighted by Crippen LogP contribution is -2.50. The van der Waals surface area contributed by atoms with Crippen LogP contribution in [-0.2, 0) is 10.0 Å². The van der Waals surface area contributed by atoms with E-state index in [1.165, 1.54) is 4.31 Å². The van der Waals surface area contributed by atoms with E-state index < -0.39 is 10.0 Å². The van der Waals surface area contributed by atoms with Gasteiger partial charge in [-0.15, -0.1) is 0 Å². The molecule has 1 fully saturated rings. The van der Waals surface area contributed by atoms with Gasteiger partial charge in [-0.05, 0) is 13.8 Å². The van der Waals surface area contributed by atoms with Crippen LogP contribution in [0, 0.1) is 13.8 Å². The highest BCUT2D eigenvalue weighted by atomic mass is 32.2. The fourth-order valence-electron chi connectivity index (χ4n) is 3.38.